The van der Waals surface area contributed by atoms with E-state index in [2.05, 4.69) is 130 Å². The molecule has 6 heterocycles. The topological polar surface area (TPSA) is 74.6 Å². The molecule has 7 aromatic carbocycles. The van der Waals surface area contributed by atoms with E-state index in [-0.39, 0.29) is 0 Å². The molecule has 0 unspecified atom stereocenters. The molecular weight excluding hydrogens is 733 g/mol. The second-order valence-corrected chi connectivity index (χ2v) is 15.7. The van der Waals surface area contributed by atoms with Crippen molar-refractivity contribution in [2.75, 3.05) is 0 Å². The van der Waals surface area contributed by atoms with Crippen molar-refractivity contribution in [1.82, 2.24) is 29.1 Å². The van der Waals surface area contributed by atoms with Gasteiger partial charge in [0.05, 0.1) is 21.3 Å². The van der Waals surface area contributed by atoms with Gasteiger partial charge in [-0.05, 0) is 54.6 Å². The molecular formula is C50H28N6OS. The number of rotatable bonds is 4. The van der Waals surface area contributed by atoms with Crippen LogP contribution in [0.25, 0.3) is 120 Å². The Kier molecular flexibility index (Phi) is 6.47. The predicted octanol–water partition coefficient (Wildman–Crippen LogP) is 13.1. The standard InChI is InChI=1S/C50H28N6OS/c1-2-12-29(13-3-1)47-52-48(54-50(53-47)56-40-19-9-4-14-31(40)35-23-24-36-33-16-6-10-20-42(33)57-45(36)44(35)56)30-22-25-41-38(28-30)32-15-5-8-18-39(32)55(41)49-46-37(26-27-51-49)34-17-7-11-21-43(34)58-46/h1-28H. The molecule has 0 spiro atoms. The van der Waals surface area contributed by atoms with Crippen LogP contribution in [0.15, 0.2) is 174 Å². The van der Waals surface area contributed by atoms with Gasteiger partial charge in [0, 0.05) is 65.1 Å². The second-order valence-electron chi connectivity index (χ2n) is 14.6. The summed E-state index contributed by atoms with van der Waals surface area (Å²) in [4.78, 5) is 20.8. The van der Waals surface area contributed by atoms with Gasteiger partial charge in [-0.1, -0.05) is 109 Å². The summed E-state index contributed by atoms with van der Waals surface area (Å²) in [5, 5.41) is 8.98. The molecule has 0 fully saturated rings. The molecule has 0 atom stereocenters. The largest absolute Gasteiger partial charge is 0.454 e. The molecule has 13 aromatic rings. The summed E-state index contributed by atoms with van der Waals surface area (Å²) in [7, 11) is 0. The highest BCUT2D eigenvalue weighted by Crippen LogP contribution is 2.42. The van der Waals surface area contributed by atoms with Crippen LogP contribution in [-0.2, 0) is 0 Å². The lowest BCUT2D eigenvalue weighted by Crippen LogP contribution is -2.06. The number of nitrogens with zero attached hydrogens (tertiary/aromatic N) is 6. The Bertz CT molecular complexity index is 3820. The molecule has 8 heteroatoms. The number of thiophene rings is 1. The van der Waals surface area contributed by atoms with Crippen molar-refractivity contribution in [3.8, 4) is 34.5 Å². The van der Waals surface area contributed by atoms with Crippen molar-refractivity contribution in [3.05, 3.63) is 170 Å². The monoisotopic (exact) mass is 760 g/mol. The highest BCUT2D eigenvalue weighted by molar-refractivity contribution is 7.26. The first-order chi connectivity index (χ1) is 28.8. The van der Waals surface area contributed by atoms with Gasteiger partial charge in [-0.15, -0.1) is 11.3 Å². The quantitative estimate of drug-likeness (QED) is 0.179. The third-order valence-corrected chi connectivity index (χ3v) is 12.6. The number of pyridine rings is 1. The molecule has 270 valence electrons. The highest BCUT2D eigenvalue weighted by Gasteiger charge is 2.23. The summed E-state index contributed by atoms with van der Waals surface area (Å²) in [6.07, 6.45) is 1.93. The SMILES string of the molecule is c1ccc(-c2nc(-c3ccc4c(c3)c3ccccc3n4-c3nccc4c3sc3ccccc34)nc(-n3c4ccccc4c4ccc5c6ccccc6oc5c43)n2)cc1. The van der Waals surface area contributed by atoms with Gasteiger partial charge in [0.15, 0.2) is 23.0 Å². The Morgan fingerprint density at radius 2 is 1.10 bits per heavy atom. The Hall–Kier alpha value is -7.68. The molecule has 0 aliphatic rings. The minimum absolute atomic E-state index is 0.520. The van der Waals surface area contributed by atoms with Crippen molar-refractivity contribution >= 4 is 97.1 Å². The van der Waals surface area contributed by atoms with Gasteiger partial charge < -0.3 is 4.42 Å². The van der Waals surface area contributed by atoms with Crippen molar-refractivity contribution in [2.45, 2.75) is 0 Å². The van der Waals surface area contributed by atoms with E-state index in [1.807, 2.05) is 48.7 Å². The van der Waals surface area contributed by atoms with E-state index in [1.54, 1.807) is 11.3 Å². The zero-order chi connectivity index (χ0) is 37.9. The Balaban J connectivity index is 1.08. The maximum absolute atomic E-state index is 6.66. The molecule has 0 bridgehead atoms. The fourth-order valence-corrected chi connectivity index (χ4v) is 10.1. The Labute approximate surface area is 333 Å². The van der Waals surface area contributed by atoms with Crippen LogP contribution in [0.3, 0.4) is 0 Å². The summed E-state index contributed by atoms with van der Waals surface area (Å²) in [6, 6.07) is 56.9. The number of para-hydroxylation sites is 3. The van der Waals surface area contributed by atoms with E-state index in [0.29, 0.717) is 17.6 Å². The van der Waals surface area contributed by atoms with Crippen molar-refractivity contribution in [3.63, 3.8) is 0 Å². The normalized spacial score (nSPS) is 12.1. The lowest BCUT2D eigenvalue weighted by molar-refractivity contribution is 0.670. The van der Waals surface area contributed by atoms with Gasteiger partial charge >= 0.3 is 0 Å². The maximum atomic E-state index is 6.66. The maximum Gasteiger partial charge on any atom is 0.238 e. The average molecular weight is 761 g/mol. The van der Waals surface area contributed by atoms with Crippen LogP contribution in [0.2, 0.25) is 0 Å². The van der Waals surface area contributed by atoms with E-state index in [9.17, 15) is 0 Å². The van der Waals surface area contributed by atoms with Crippen molar-refractivity contribution in [1.29, 1.82) is 0 Å². The van der Waals surface area contributed by atoms with Crippen molar-refractivity contribution < 1.29 is 4.42 Å². The lowest BCUT2D eigenvalue weighted by Gasteiger charge is -2.11. The number of hydrogen-bond acceptors (Lipinski definition) is 6. The number of aromatic nitrogens is 6. The number of fused-ring (bicyclic) bond motifs is 13. The van der Waals surface area contributed by atoms with Crippen LogP contribution in [-0.4, -0.2) is 29.1 Å². The van der Waals surface area contributed by atoms with E-state index in [0.717, 1.165) is 87.2 Å². The smallest absolute Gasteiger partial charge is 0.238 e. The molecule has 0 N–H and O–H groups in total. The summed E-state index contributed by atoms with van der Waals surface area (Å²) >= 11 is 1.79. The van der Waals surface area contributed by atoms with Crippen LogP contribution in [0, 0.1) is 0 Å². The Morgan fingerprint density at radius 1 is 0.448 bits per heavy atom. The Morgan fingerprint density at radius 3 is 1.95 bits per heavy atom. The summed E-state index contributed by atoms with van der Waals surface area (Å²) < 4.78 is 13.5. The van der Waals surface area contributed by atoms with E-state index in [1.165, 1.54) is 15.5 Å². The molecule has 0 radical (unpaired) electrons. The van der Waals surface area contributed by atoms with Crippen LogP contribution in [0.5, 0.6) is 0 Å². The summed E-state index contributed by atoms with van der Waals surface area (Å²) in [5.41, 5.74) is 7.50. The highest BCUT2D eigenvalue weighted by atomic mass is 32.1. The van der Waals surface area contributed by atoms with Gasteiger partial charge in [0.25, 0.3) is 0 Å². The van der Waals surface area contributed by atoms with Gasteiger partial charge in [0.1, 0.15) is 11.1 Å². The first-order valence-corrected chi connectivity index (χ1v) is 20.0. The molecule has 0 saturated carbocycles. The lowest BCUT2D eigenvalue weighted by atomic mass is 10.1. The van der Waals surface area contributed by atoms with Crippen molar-refractivity contribution in [2.24, 2.45) is 0 Å². The molecule has 0 saturated heterocycles. The van der Waals surface area contributed by atoms with Crippen LogP contribution >= 0.6 is 11.3 Å². The van der Waals surface area contributed by atoms with Crippen LogP contribution < -0.4 is 0 Å². The molecule has 7 nitrogen and oxygen atoms in total. The van der Waals surface area contributed by atoms with Gasteiger partial charge in [-0.3, -0.25) is 9.13 Å². The van der Waals surface area contributed by atoms with E-state index < -0.39 is 0 Å². The minimum Gasteiger partial charge on any atom is -0.454 e. The molecule has 0 aliphatic carbocycles. The van der Waals surface area contributed by atoms with E-state index >= 15 is 0 Å². The zero-order valence-corrected chi connectivity index (χ0v) is 31.5. The number of furan rings is 1. The zero-order valence-electron chi connectivity index (χ0n) is 30.7. The van der Waals surface area contributed by atoms with E-state index in [4.69, 9.17) is 24.4 Å². The summed E-state index contributed by atoms with van der Waals surface area (Å²) in [6.45, 7) is 0. The fourth-order valence-electron chi connectivity index (χ4n) is 8.89. The first kappa shape index (κ1) is 31.5. The van der Waals surface area contributed by atoms with Crippen LogP contribution in [0.4, 0.5) is 0 Å². The first-order valence-electron chi connectivity index (χ1n) is 19.2. The van der Waals surface area contributed by atoms with Crippen LogP contribution in [0.1, 0.15) is 0 Å². The molecule has 58 heavy (non-hydrogen) atoms. The third kappa shape index (κ3) is 4.43. The molecule has 13 rings (SSSR count). The van der Waals surface area contributed by atoms with Gasteiger partial charge in [-0.25, -0.2) is 9.97 Å². The number of benzene rings is 7. The molecule has 0 aliphatic heterocycles. The van der Waals surface area contributed by atoms with Gasteiger partial charge in [-0.2, -0.15) is 9.97 Å². The molecule has 0 amide bonds. The second kappa shape index (κ2) is 11.9. The van der Waals surface area contributed by atoms with Gasteiger partial charge in [0.2, 0.25) is 5.95 Å². The summed E-state index contributed by atoms with van der Waals surface area (Å²) in [5.74, 6) is 2.61. The third-order valence-electron chi connectivity index (χ3n) is 11.5. The predicted molar refractivity (Wildman–Crippen MR) is 237 cm³/mol. The number of hydrogen-bond donors (Lipinski definition) is 0. The fraction of sp³-hybridized carbons (Fsp3) is 0. The molecule has 6 aromatic heterocycles. The average Bonchev–Trinajstić information content (AvgIpc) is 4.04. The minimum atomic E-state index is 0.520.